The number of hydrogen-bond acceptors (Lipinski definition) is 6. The Morgan fingerprint density at radius 1 is 1.11 bits per heavy atom. The zero-order valence-electron chi connectivity index (χ0n) is 15.0. The molecule has 1 aromatic heterocycles. The van der Waals surface area contributed by atoms with Crippen LogP contribution in [0.4, 0.5) is 0 Å². The number of carbonyl (C=O) groups excluding carboxylic acids is 1. The van der Waals surface area contributed by atoms with E-state index >= 15 is 0 Å². The molecular weight excluding hydrogens is 378 g/mol. The monoisotopic (exact) mass is 395 g/mol. The molecule has 0 radical (unpaired) electrons. The van der Waals surface area contributed by atoms with Crippen molar-refractivity contribution in [3.63, 3.8) is 0 Å². The van der Waals surface area contributed by atoms with Gasteiger partial charge in [0.25, 0.3) is 0 Å². The van der Waals surface area contributed by atoms with Crippen molar-refractivity contribution < 1.29 is 17.9 Å². The van der Waals surface area contributed by atoms with Gasteiger partial charge in [-0.05, 0) is 43.3 Å². The van der Waals surface area contributed by atoms with Gasteiger partial charge in [0.1, 0.15) is 6.61 Å². The second kappa shape index (κ2) is 8.17. The SMILES string of the molecule is C#CCNS(=O)(=O)c1ccc(C(=O)OCc2nc3ccccc3nc2C)cc1. The van der Waals surface area contributed by atoms with E-state index in [0.717, 1.165) is 5.52 Å². The molecule has 0 saturated carbocycles. The number of ether oxygens (including phenoxy) is 1. The Morgan fingerprint density at radius 2 is 1.75 bits per heavy atom. The maximum absolute atomic E-state index is 12.3. The smallest absolute Gasteiger partial charge is 0.338 e. The second-order valence-electron chi connectivity index (χ2n) is 5.87. The van der Waals surface area contributed by atoms with Crippen LogP contribution >= 0.6 is 0 Å². The predicted molar refractivity (Wildman–Crippen MR) is 104 cm³/mol. The normalized spacial score (nSPS) is 11.1. The van der Waals surface area contributed by atoms with E-state index in [-0.39, 0.29) is 23.6 Å². The van der Waals surface area contributed by atoms with Crippen molar-refractivity contribution in [1.82, 2.24) is 14.7 Å². The molecule has 1 heterocycles. The lowest BCUT2D eigenvalue weighted by Crippen LogP contribution is -2.23. The number of benzene rings is 2. The van der Waals surface area contributed by atoms with E-state index in [4.69, 9.17) is 11.2 Å². The third-order valence-electron chi connectivity index (χ3n) is 3.95. The van der Waals surface area contributed by atoms with Crippen LogP contribution in [0.5, 0.6) is 0 Å². The van der Waals surface area contributed by atoms with Crippen LogP contribution in [0.15, 0.2) is 53.4 Å². The molecule has 0 aliphatic carbocycles. The highest BCUT2D eigenvalue weighted by molar-refractivity contribution is 7.89. The van der Waals surface area contributed by atoms with Crippen molar-refractivity contribution in [2.75, 3.05) is 6.54 Å². The number of aryl methyl sites for hydroxylation is 1. The Morgan fingerprint density at radius 3 is 2.39 bits per heavy atom. The molecule has 0 aliphatic heterocycles. The van der Waals surface area contributed by atoms with Gasteiger partial charge in [0.05, 0.1) is 39.4 Å². The van der Waals surface area contributed by atoms with E-state index in [1.807, 2.05) is 24.3 Å². The number of nitrogens with zero attached hydrogens (tertiary/aromatic N) is 2. The van der Waals surface area contributed by atoms with Crippen LogP contribution < -0.4 is 4.72 Å². The summed E-state index contributed by atoms with van der Waals surface area (Å²) in [5.41, 5.74) is 2.94. The first-order valence-corrected chi connectivity index (χ1v) is 9.81. The fourth-order valence-electron chi connectivity index (χ4n) is 2.47. The van der Waals surface area contributed by atoms with E-state index in [9.17, 15) is 13.2 Å². The van der Waals surface area contributed by atoms with Gasteiger partial charge < -0.3 is 4.74 Å². The summed E-state index contributed by atoms with van der Waals surface area (Å²) in [4.78, 5) is 21.2. The lowest BCUT2D eigenvalue weighted by Gasteiger charge is -2.09. The summed E-state index contributed by atoms with van der Waals surface area (Å²) >= 11 is 0. The van der Waals surface area contributed by atoms with Gasteiger partial charge in [-0.15, -0.1) is 6.42 Å². The third-order valence-corrected chi connectivity index (χ3v) is 5.36. The van der Waals surface area contributed by atoms with Crippen molar-refractivity contribution >= 4 is 27.0 Å². The average Bonchev–Trinajstić information content (AvgIpc) is 2.70. The first kappa shape index (κ1) is 19.5. The van der Waals surface area contributed by atoms with E-state index in [1.54, 1.807) is 6.92 Å². The van der Waals surface area contributed by atoms with Crippen LogP contribution in [-0.2, 0) is 21.4 Å². The van der Waals surface area contributed by atoms with Gasteiger partial charge in [-0.25, -0.2) is 23.2 Å². The molecule has 28 heavy (non-hydrogen) atoms. The van der Waals surface area contributed by atoms with Crippen molar-refractivity contribution in [3.8, 4) is 12.3 Å². The highest BCUT2D eigenvalue weighted by Gasteiger charge is 2.15. The fraction of sp³-hybridized carbons (Fsp3) is 0.150. The van der Waals surface area contributed by atoms with E-state index in [0.29, 0.717) is 16.9 Å². The molecule has 0 aliphatic rings. The van der Waals surface area contributed by atoms with Crippen molar-refractivity contribution in [3.05, 3.63) is 65.5 Å². The fourth-order valence-corrected chi connectivity index (χ4v) is 3.40. The van der Waals surface area contributed by atoms with E-state index < -0.39 is 16.0 Å². The quantitative estimate of drug-likeness (QED) is 0.508. The van der Waals surface area contributed by atoms with Crippen molar-refractivity contribution in [2.45, 2.75) is 18.4 Å². The number of esters is 1. The highest BCUT2D eigenvalue weighted by atomic mass is 32.2. The minimum atomic E-state index is -3.71. The molecule has 0 spiro atoms. The highest BCUT2D eigenvalue weighted by Crippen LogP contribution is 2.15. The topological polar surface area (TPSA) is 98.2 Å². The van der Waals surface area contributed by atoms with Crippen LogP contribution in [0.25, 0.3) is 11.0 Å². The minimum Gasteiger partial charge on any atom is -0.456 e. The molecule has 2 aromatic carbocycles. The van der Waals surface area contributed by atoms with Crippen LogP contribution in [0, 0.1) is 19.3 Å². The Balaban J connectivity index is 1.70. The molecule has 0 unspecified atom stereocenters. The molecule has 0 fully saturated rings. The Bertz CT molecular complexity index is 1170. The van der Waals surface area contributed by atoms with Crippen LogP contribution in [0.3, 0.4) is 0 Å². The lowest BCUT2D eigenvalue weighted by atomic mass is 10.2. The molecule has 1 N–H and O–H groups in total. The number of sulfonamides is 1. The van der Waals surface area contributed by atoms with Crippen molar-refractivity contribution in [2.24, 2.45) is 0 Å². The molecule has 3 rings (SSSR count). The van der Waals surface area contributed by atoms with E-state index in [1.165, 1.54) is 24.3 Å². The Hall–Kier alpha value is -3.28. The number of fused-ring (bicyclic) bond motifs is 1. The molecular formula is C20H17N3O4S. The summed E-state index contributed by atoms with van der Waals surface area (Å²) in [6.45, 7) is 1.65. The number of aromatic nitrogens is 2. The number of hydrogen-bond donors (Lipinski definition) is 1. The molecule has 7 nitrogen and oxygen atoms in total. The lowest BCUT2D eigenvalue weighted by molar-refractivity contribution is 0.0467. The number of para-hydroxylation sites is 2. The van der Waals surface area contributed by atoms with Gasteiger partial charge in [-0.1, -0.05) is 18.1 Å². The van der Waals surface area contributed by atoms with Crippen LogP contribution in [0.2, 0.25) is 0 Å². The average molecular weight is 395 g/mol. The molecule has 3 aromatic rings. The summed E-state index contributed by atoms with van der Waals surface area (Å²) in [5, 5.41) is 0. The van der Waals surface area contributed by atoms with Gasteiger partial charge in [0.15, 0.2) is 0 Å². The van der Waals surface area contributed by atoms with Gasteiger partial charge in [-0.3, -0.25) is 0 Å². The standard InChI is InChI=1S/C20H17N3O4S/c1-3-12-21-28(25,26)16-10-8-15(9-11-16)20(24)27-13-19-14(2)22-17-6-4-5-7-18(17)23-19/h1,4-11,21H,12-13H2,2H3. The molecule has 0 amide bonds. The molecule has 8 heteroatoms. The summed E-state index contributed by atoms with van der Waals surface area (Å²) in [7, 11) is -3.71. The summed E-state index contributed by atoms with van der Waals surface area (Å²) in [6.07, 6.45) is 5.05. The molecule has 0 bridgehead atoms. The van der Waals surface area contributed by atoms with Gasteiger partial charge in [0.2, 0.25) is 10.0 Å². The first-order valence-electron chi connectivity index (χ1n) is 8.33. The Kier molecular flexibility index (Phi) is 5.68. The number of rotatable bonds is 6. The number of nitrogens with one attached hydrogen (secondary N) is 1. The minimum absolute atomic E-state index is 0.00976. The maximum atomic E-state index is 12.3. The largest absolute Gasteiger partial charge is 0.456 e. The van der Waals surface area contributed by atoms with E-state index in [2.05, 4.69) is 20.6 Å². The zero-order valence-corrected chi connectivity index (χ0v) is 15.9. The van der Waals surface area contributed by atoms with Gasteiger partial charge in [-0.2, -0.15) is 4.72 Å². The maximum Gasteiger partial charge on any atom is 0.338 e. The van der Waals surface area contributed by atoms with Crippen LogP contribution in [-0.4, -0.2) is 30.9 Å². The van der Waals surface area contributed by atoms with Crippen molar-refractivity contribution in [1.29, 1.82) is 0 Å². The Labute approximate surface area is 162 Å². The summed E-state index contributed by atoms with van der Waals surface area (Å²) in [6, 6.07) is 12.8. The molecule has 0 atom stereocenters. The summed E-state index contributed by atoms with van der Waals surface area (Å²) < 4.78 is 31.5. The third kappa shape index (κ3) is 4.34. The second-order valence-corrected chi connectivity index (χ2v) is 7.64. The molecule has 0 saturated heterocycles. The molecule has 142 valence electrons. The number of carbonyl (C=O) groups is 1. The first-order chi connectivity index (χ1) is 13.4. The number of terminal acetylenes is 1. The zero-order chi connectivity index (χ0) is 20.1. The summed E-state index contributed by atoms with van der Waals surface area (Å²) in [5.74, 6) is 1.61. The predicted octanol–water partition coefficient (Wildman–Crippen LogP) is 2.21. The van der Waals surface area contributed by atoms with Gasteiger partial charge >= 0.3 is 5.97 Å². The van der Waals surface area contributed by atoms with Gasteiger partial charge in [0, 0.05) is 0 Å². The van der Waals surface area contributed by atoms with Crippen LogP contribution in [0.1, 0.15) is 21.7 Å².